The van der Waals surface area contributed by atoms with Gasteiger partial charge < -0.3 is 41.0 Å². The molecule has 2 amide bonds. The first-order valence-corrected chi connectivity index (χ1v) is 19.2. The molecule has 21 heteroatoms. The minimum absolute atomic E-state index is 0.0165. The number of methoxy groups -OCH3 is 2. The van der Waals surface area contributed by atoms with E-state index in [9.17, 15) is 31.5 Å². The lowest BCUT2D eigenvalue weighted by Crippen LogP contribution is -2.19. The Kier molecular flexibility index (Phi) is 17.7. The summed E-state index contributed by atoms with van der Waals surface area (Å²) in [5.74, 6) is -2.31. The minimum atomic E-state index is -2.99. The number of nitrogens with two attached hydrogens (primary N) is 2. The molecule has 2 aliphatic rings. The van der Waals surface area contributed by atoms with Gasteiger partial charge in [-0.1, -0.05) is 25.4 Å². The Morgan fingerprint density at radius 1 is 0.887 bits per heavy atom. The number of ether oxygens (including phenoxy) is 4. The number of amidine groups is 2. The normalized spacial score (nSPS) is 17.6. The molecule has 6 N–H and O–H groups in total. The highest BCUT2D eigenvalue weighted by Crippen LogP contribution is 2.46. The van der Waals surface area contributed by atoms with E-state index >= 15 is 0 Å². The number of carbonyl (C=O) groups is 2. The molecule has 62 heavy (non-hydrogen) atoms. The number of halogens is 6. The van der Waals surface area contributed by atoms with Gasteiger partial charge in [-0.2, -0.15) is 19.0 Å². The Morgan fingerprint density at radius 3 is 1.94 bits per heavy atom. The van der Waals surface area contributed by atoms with Crippen molar-refractivity contribution < 1.29 is 50.5 Å². The SMILES string of the molecule is CC.COCc1cc(C#N)cnc1C(=O)Nc1ccc(F)c([C@H]2C[C@H]2O/C(N)=N\C(F)F)c1.COc1cnc(C(=O)Nc2ccc(F)c([C@H]3C[C@H]3OC(N)=NCCF)c2)c(Cl)c1. The summed E-state index contributed by atoms with van der Waals surface area (Å²) < 4.78 is 85.6. The number of rotatable bonds is 14. The fraction of sp³-hybridized carbons (Fsp3) is 0.341. The van der Waals surface area contributed by atoms with E-state index in [1.165, 1.54) is 75.1 Å². The van der Waals surface area contributed by atoms with E-state index in [2.05, 4.69) is 30.6 Å². The summed E-state index contributed by atoms with van der Waals surface area (Å²) in [6.07, 6.45) is 2.60. The zero-order chi connectivity index (χ0) is 45.5. The number of amides is 2. The van der Waals surface area contributed by atoms with E-state index in [-0.39, 0.29) is 58.7 Å². The number of aromatic nitrogens is 2. The lowest BCUT2D eigenvalue weighted by Gasteiger charge is -2.11. The van der Waals surface area contributed by atoms with Crippen LogP contribution in [0.5, 0.6) is 5.75 Å². The van der Waals surface area contributed by atoms with E-state index in [1.54, 1.807) is 0 Å². The maximum absolute atomic E-state index is 14.3. The first-order valence-electron chi connectivity index (χ1n) is 18.8. The van der Waals surface area contributed by atoms with Gasteiger partial charge >= 0.3 is 6.55 Å². The quantitative estimate of drug-likeness (QED) is 0.0428. The largest absolute Gasteiger partial charge is 0.495 e. The van der Waals surface area contributed by atoms with E-state index in [4.69, 9.17) is 47.3 Å². The smallest absolute Gasteiger partial charge is 0.336 e. The highest BCUT2D eigenvalue weighted by atomic mass is 35.5. The van der Waals surface area contributed by atoms with Crippen molar-refractivity contribution in [2.45, 2.75) is 63.9 Å². The van der Waals surface area contributed by atoms with Gasteiger partial charge in [-0.25, -0.2) is 28.1 Å². The third-order valence-corrected chi connectivity index (χ3v) is 9.06. The number of nitrogens with zero attached hydrogens (tertiary/aromatic N) is 5. The third kappa shape index (κ3) is 13.5. The lowest BCUT2D eigenvalue weighted by atomic mass is 10.1. The number of aliphatic imine (C=N–C) groups is 2. The number of hydrogen-bond acceptors (Lipinski definition) is 11. The standard InChI is InChI=1S/C20H18F3N5O3.C19H19ClF2N4O3.C2H6/c1-30-9-11-4-10(7-24)8-26-17(11)18(29)27-12-2-3-15(21)13(5-12)14-6-16(14)31-20(25)28-19(22)23;1-28-11-7-14(20)17(25-9-11)18(27)26-10-2-3-15(22)12(6-10)13-8-16(13)29-19(23)24-5-4-21;1-2/h2-5,8,14,16,19H,6,9H2,1H3,(H2,25,28)(H,27,29);2-3,6-7,9,13,16H,4-5,8H2,1H3,(H2,23,24)(H,26,27);1-2H3/t14-,16-;13-,16-;/m11./s1. The molecule has 0 bridgehead atoms. The van der Waals surface area contributed by atoms with Crippen LogP contribution in [0.1, 0.15) is 81.8 Å². The van der Waals surface area contributed by atoms with Crippen molar-refractivity contribution >= 4 is 46.8 Å². The number of benzene rings is 2. The number of hydrogen-bond donors (Lipinski definition) is 4. The van der Waals surface area contributed by atoms with Crippen LogP contribution < -0.4 is 26.8 Å². The number of pyridine rings is 2. The fourth-order valence-electron chi connectivity index (χ4n) is 5.82. The zero-order valence-electron chi connectivity index (χ0n) is 33.8. The molecule has 2 aromatic carbocycles. The van der Waals surface area contributed by atoms with E-state index in [0.29, 0.717) is 41.1 Å². The predicted octanol–water partition coefficient (Wildman–Crippen LogP) is 7.22. The molecular formula is C41H43ClF5N9O6. The van der Waals surface area contributed by atoms with E-state index in [0.717, 1.165) is 0 Å². The fourth-order valence-corrected chi connectivity index (χ4v) is 6.06. The average molecular weight is 888 g/mol. The molecule has 4 atom stereocenters. The highest BCUT2D eigenvalue weighted by molar-refractivity contribution is 6.34. The summed E-state index contributed by atoms with van der Waals surface area (Å²) >= 11 is 6.06. The van der Waals surface area contributed by atoms with Gasteiger partial charge in [-0.3, -0.25) is 9.59 Å². The van der Waals surface area contributed by atoms with Crippen LogP contribution in [-0.2, 0) is 20.8 Å². The van der Waals surface area contributed by atoms with Crippen molar-refractivity contribution in [3.63, 3.8) is 0 Å². The second-order valence-corrected chi connectivity index (χ2v) is 13.4. The number of anilines is 2. The van der Waals surface area contributed by atoms with Gasteiger partial charge in [0.25, 0.3) is 23.9 Å². The van der Waals surface area contributed by atoms with Gasteiger partial charge in [-0.05, 0) is 66.4 Å². The summed E-state index contributed by atoms with van der Waals surface area (Å²) in [5.41, 5.74) is 12.9. The maximum Gasteiger partial charge on any atom is 0.336 e. The van der Waals surface area contributed by atoms with Crippen molar-refractivity contribution in [1.29, 1.82) is 5.26 Å². The monoisotopic (exact) mass is 887 g/mol. The third-order valence-electron chi connectivity index (χ3n) is 8.77. The molecule has 6 rings (SSSR count). The van der Waals surface area contributed by atoms with E-state index in [1.807, 2.05) is 19.9 Å². The molecule has 15 nitrogen and oxygen atoms in total. The number of nitriles is 1. The van der Waals surface area contributed by atoms with Crippen molar-refractivity contribution in [1.82, 2.24) is 9.97 Å². The Morgan fingerprint density at radius 2 is 1.44 bits per heavy atom. The molecule has 2 fully saturated rings. The average Bonchev–Trinajstić information content (AvgIpc) is 4.19. The van der Waals surface area contributed by atoms with Crippen LogP contribution >= 0.6 is 11.6 Å². The van der Waals surface area contributed by atoms with Gasteiger partial charge in [0.15, 0.2) is 0 Å². The van der Waals surface area contributed by atoms with Crippen molar-refractivity contribution in [2.24, 2.45) is 21.5 Å². The Hall–Kier alpha value is -6.59. The second kappa shape index (κ2) is 22.9. The van der Waals surface area contributed by atoms with Crippen LogP contribution in [-0.4, -0.2) is 80.0 Å². The molecular weight excluding hydrogens is 845 g/mol. The van der Waals surface area contributed by atoms with Gasteiger partial charge in [0.1, 0.15) is 53.7 Å². The van der Waals surface area contributed by atoms with Crippen molar-refractivity contribution in [2.75, 3.05) is 38.1 Å². The summed E-state index contributed by atoms with van der Waals surface area (Å²) in [7, 11) is 2.91. The molecule has 2 saturated carbocycles. The summed E-state index contributed by atoms with van der Waals surface area (Å²) in [6.45, 7) is 0.358. The second-order valence-electron chi connectivity index (χ2n) is 13.0. The van der Waals surface area contributed by atoms with Crippen molar-refractivity contribution in [3.8, 4) is 11.8 Å². The zero-order valence-corrected chi connectivity index (χ0v) is 34.6. The van der Waals surface area contributed by atoms with Gasteiger partial charge in [0.05, 0.1) is 37.0 Å². The Balaban J connectivity index is 0.000000263. The minimum Gasteiger partial charge on any atom is -0.495 e. The molecule has 2 aromatic heterocycles. The number of carbonyl (C=O) groups excluding carboxylic acids is 2. The van der Waals surface area contributed by atoms with Crippen LogP contribution in [0.4, 0.5) is 33.3 Å². The maximum atomic E-state index is 14.3. The molecule has 0 saturated heterocycles. The van der Waals surface area contributed by atoms with Gasteiger partial charge in [-0.15, -0.1) is 0 Å². The molecule has 2 heterocycles. The Bertz CT molecular complexity index is 2320. The Labute approximate surface area is 358 Å². The van der Waals surface area contributed by atoms with Gasteiger partial charge in [0, 0.05) is 48.1 Å². The number of nitrogens with one attached hydrogen (secondary N) is 2. The molecule has 0 unspecified atom stereocenters. The summed E-state index contributed by atoms with van der Waals surface area (Å²) in [5, 5.41) is 14.4. The van der Waals surface area contributed by atoms with E-state index < -0.39 is 54.7 Å². The first-order chi connectivity index (χ1) is 29.7. The lowest BCUT2D eigenvalue weighted by molar-refractivity contribution is 0.101. The van der Waals surface area contributed by atoms with Crippen LogP contribution in [0.15, 0.2) is 70.9 Å². The molecule has 0 radical (unpaired) electrons. The van der Waals surface area contributed by atoms with Crippen molar-refractivity contribution in [3.05, 3.63) is 111 Å². The predicted molar refractivity (Wildman–Crippen MR) is 220 cm³/mol. The van der Waals surface area contributed by atoms with Crippen LogP contribution in [0, 0.1) is 23.0 Å². The van der Waals surface area contributed by atoms with Crippen LogP contribution in [0.3, 0.4) is 0 Å². The molecule has 2 aliphatic carbocycles. The van der Waals surface area contributed by atoms with Gasteiger partial charge in [0.2, 0.25) is 0 Å². The topological polar surface area (TPSA) is 221 Å². The molecule has 4 aromatic rings. The number of alkyl halides is 3. The summed E-state index contributed by atoms with van der Waals surface area (Å²) in [4.78, 5) is 39.6. The molecule has 330 valence electrons. The summed E-state index contributed by atoms with van der Waals surface area (Å²) in [6, 6.07) is 12.3. The highest BCUT2D eigenvalue weighted by Gasteiger charge is 2.44. The first kappa shape index (κ1) is 48.1. The molecule has 0 spiro atoms. The van der Waals surface area contributed by atoms with Crippen LogP contribution in [0.25, 0.3) is 0 Å². The van der Waals surface area contributed by atoms with Crippen LogP contribution in [0.2, 0.25) is 5.02 Å². The molecule has 0 aliphatic heterocycles.